The molecule has 0 aromatic heterocycles. The van der Waals surface area contributed by atoms with E-state index < -0.39 is 11.6 Å². The predicted molar refractivity (Wildman–Crippen MR) is 60.4 cm³/mol. The first-order valence-electron chi connectivity index (χ1n) is 5.56. The van der Waals surface area contributed by atoms with E-state index in [0.29, 0.717) is 24.9 Å². The molecule has 1 aliphatic rings. The summed E-state index contributed by atoms with van der Waals surface area (Å²) in [6.45, 7) is 0.571. The third-order valence-electron chi connectivity index (χ3n) is 2.66. The van der Waals surface area contributed by atoms with E-state index >= 15 is 0 Å². The number of hydrogen-bond acceptors (Lipinski definition) is 2. The van der Waals surface area contributed by atoms with Crippen molar-refractivity contribution in [3.05, 3.63) is 47.2 Å². The zero-order valence-electron chi connectivity index (χ0n) is 9.30. The van der Waals surface area contributed by atoms with Gasteiger partial charge in [0.05, 0.1) is 0 Å². The lowest BCUT2D eigenvalue weighted by Gasteiger charge is -2.06. The van der Waals surface area contributed by atoms with Gasteiger partial charge in [-0.2, -0.15) is 0 Å². The Morgan fingerprint density at radius 2 is 1.82 bits per heavy atom. The van der Waals surface area contributed by atoms with Crippen LogP contribution in [0.2, 0.25) is 0 Å². The fourth-order valence-corrected chi connectivity index (χ4v) is 1.86. The van der Waals surface area contributed by atoms with Gasteiger partial charge in [-0.3, -0.25) is 4.79 Å². The van der Waals surface area contributed by atoms with Crippen molar-refractivity contribution in [1.29, 1.82) is 0 Å². The molecular formula is C13H13F2NO. The van der Waals surface area contributed by atoms with Crippen molar-refractivity contribution in [1.82, 2.24) is 5.32 Å². The van der Waals surface area contributed by atoms with E-state index in [0.717, 1.165) is 18.2 Å². The highest BCUT2D eigenvalue weighted by Gasteiger charge is 2.10. The van der Waals surface area contributed by atoms with Gasteiger partial charge >= 0.3 is 0 Å². The molecule has 0 amide bonds. The summed E-state index contributed by atoms with van der Waals surface area (Å²) in [5.74, 6) is -0.991. The second-order valence-corrected chi connectivity index (χ2v) is 4.09. The fourth-order valence-electron chi connectivity index (χ4n) is 1.86. The van der Waals surface area contributed by atoms with Crippen molar-refractivity contribution >= 4 is 5.78 Å². The van der Waals surface area contributed by atoms with E-state index in [1.54, 1.807) is 6.08 Å². The molecule has 0 radical (unpaired) electrons. The number of ketones is 1. The van der Waals surface area contributed by atoms with Gasteiger partial charge in [-0.1, -0.05) is 0 Å². The van der Waals surface area contributed by atoms with Gasteiger partial charge in [0.1, 0.15) is 11.6 Å². The summed E-state index contributed by atoms with van der Waals surface area (Å²) < 4.78 is 25.8. The zero-order chi connectivity index (χ0) is 12.3. The van der Waals surface area contributed by atoms with Crippen LogP contribution in [0.25, 0.3) is 0 Å². The van der Waals surface area contributed by atoms with Crippen molar-refractivity contribution in [2.45, 2.75) is 19.3 Å². The maximum atomic E-state index is 12.9. The van der Waals surface area contributed by atoms with E-state index in [2.05, 4.69) is 5.32 Å². The molecule has 0 bridgehead atoms. The SMILES string of the molecule is O=C1C=C(NCCc2cc(F)cc(F)c2)CC1. The molecule has 17 heavy (non-hydrogen) atoms. The van der Waals surface area contributed by atoms with Gasteiger partial charge in [0.15, 0.2) is 5.78 Å². The Morgan fingerprint density at radius 3 is 2.41 bits per heavy atom. The maximum absolute atomic E-state index is 12.9. The number of nitrogens with one attached hydrogen (secondary N) is 1. The first-order chi connectivity index (χ1) is 8.13. The van der Waals surface area contributed by atoms with Gasteiger partial charge < -0.3 is 5.32 Å². The second-order valence-electron chi connectivity index (χ2n) is 4.09. The Labute approximate surface area is 98.3 Å². The number of carbonyl (C=O) groups is 1. The summed E-state index contributed by atoms with van der Waals surface area (Å²) >= 11 is 0. The summed E-state index contributed by atoms with van der Waals surface area (Å²) in [5.41, 5.74) is 1.52. The molecule has 0 fully saturated rings. The first-order valence-corrected chi connectivity index (χ1v) is 5.56. The Bertz CT molecular complexity index is 448. The van der Waals surface area contributed by atoms with Crippen molar-refractivity contribution in [3.63, 3.8) is 0 Å². The lowest BCUT2D eigenvalue weighted by Crippen LogP contribution is -2.15. The number of allylic oxidation sites excluding steroid dienone is 2. The summed E-state index contributed by atoms with van der Waals surface area (Å²) in [6.07, 6.45) is 3.40. The standard InChI is InChI=1S/C13H13F2NO/c14-10-5-9(6-11(15)7-10)3-4-16-12-1-2-13(17)8-12/h5-8,16H,1-4H2. The summed E-state index contributed by atoms with van der Waals surface area (Å²) in [6, 6.07) is 3.49. The van der Waals surface area contributed by atoms with Gasteiger partial charge in [-0.05, 0) is 30.5 Å². The molecule has 1 aliphatic carbocycles. The zero-order valence-corrected chi connectivity index (χ0v) is 9.30. The average molecular weight is 237 g/mol. The van der Waals surface area contributed by atoms with E-state index in [9.17, 15) is 13.6 Å². The highest BCUT2D eigenvalue weighted by Crippen LogP contribution is 2.12. The smallest absolute Gasteiger partial charge is 0.157 e. The molecule has 0 saturated heterocycles. The molecule has 2 rings (SSSR count). The summed E-state index contributed by atoms with van der Waals surface area (Å²) in [5, 5.41) is 3.09. The van der Waals surface area contributed by atoms with Crippen LogP contribution in [0.5, 0.6) is 0 Å². The van der Waals surface area contributed by atoms with Crippen molar-refractivity contribution in [2.75, 3.05) is 6.54 Å². The van der Waals surface area contributed by atoms with Crippen LogP contribution in [0.15, 0.2) is 30.0 Å². The first kappa shape index (κ1) is 11.8. The quantitative estimate of drug-likeness (QED) is 0.870. The molecule has 0 atom stereocenters. The Kier molecular flexibility index (Phi) is 3.52. The molecular weight excluding hydrogens is 224 g/mol. The summed E-state index contributed by atoms with van der Waals surface area (Å²) in [4.78, 5) is 11.0. The molecule has 0 saturated carbocycles. The van der Waals surface area contributed by atoms with Crippen molar-refractivity contribution < 1.29 is 13.6 Å². The molecule has 0 spiro atoms. The van der Waals surface area contributed by atoms with Crippen LogP contribution < -0.4 is 5.32 Å². The monoisotopic (exact) mass is 237 g/mol. The van der Waals surface area contributed by atoms with Gasteiger partial charge in [0.2, 0.25) is 0 Å². The van der Waals surface area contributed by atoms with Gasteiger partial charge in [-0.25, -0.2) is 8.78 Å². The minimum atomic E-state index is -0.560. The Hall–Kier alpha value is -1.71. The van der Waals surface area contributed by atoms with Gasteiger partial charge in [0, 0.05) is 30.8 Å². The summed E-state index contributed by atoms with van der Waals surface area (Å²) in [7, 11) is 0. The Morgan fingerprint density at radius 1 is 1.12 bits per heavy atom. The van der Waals surface area contributed by atoms with Gasteiger partial charge in [-0.15, -0.1) is 0 Å². The molecule has 90 valence electrons. The fraction of sp³-hybridized carbons (Fsp3) is 0.308. The van der Waals surface area contributed by atoms with Crippen LogP contribution in [0.4, 0.5) is 8.78 Å². The average Bonchev–Trinajstić information content (AvgIpc) is 2.63. The molecule has 0 unspecified atom stereocenters. The molecule has 2 nitrogen and oxygen atoms in total. The van der Waals surface area contributed by atoms with E-state index in [1.807, 2.05) is 0 Å². The van der Waals surface area contributed by atoms with Crippen LogP contribution in [0.1, 0.15) is 18.4 Å². The minimum Gasteiger partial charge on any atom is -0.388 e. The van der Waals surface area contributed by atoms with Gasteiger partial charge in [0.25, 0.3) is 0 Å². The van der Waals surface area contributed by atoms with E-state index in [1.165, 1.54) is 12.1 Å². The lowest BCUT2D eigenvalue weighted by atomic mass is 10.1. The molecule has 1 aromatic carbocycles. The van der Waals surface area contributed by atoms with Crippen LogP contribution in [-0.4, -0.2) is 12.3 Å². The number of benzene rings is 1. The predicted octanol–water partition coefficient (Wildman–Crippen LogP) is 2.34. The highest BCUT2D eigenvalue weighted by molar-refractivity contribution is 5.92. The van der Waals surface area contributed by atoms with E-state index in [4.69, 9.17) is 0 Å². The Balaban J connectivity index is 1.86. The molecule has 4 heteroatoms. The van der Waals surface area contributed by atoms with Crippen molar-refractivity contribution in [3.8, 4) is 0 Å². The third-order valence-corrected chi connectivity index (χ3v) is 2.66. The number of halogens is 2. The van der Waals surface area contributed by atoms with Crippen molar-refractivity contribution in [2.24, 2.45) is 0 Å². The minimum absolute atomic E-state index is 0.129. The van der Waals surface area contributed by atoms with Crippen LogP contribution in [0.3, 0.4) is 0 Å². The van der Waals surface area contributed by atoms with Crippen LogP contribution in [-0.2, 0) is 11.2 Å². The van der Waals surface area contributed by atoms with Crippen LogP contribution in [0, 0.1) is 11.6 Å². The number of hydrogen-bond donors (Lipinski definition) is 1. The molecule has 0 heterocycles. The molecule has 1 N–H and O–H groups in total. The molecule has 1 aromatic rings. The maximum Gasteiger partial charge on any atom is 0.157 e. The normalized spacial score (nSPS) is 14.9. The number of carbonyl (C=O) groups excluding carboxylic acids is 1. The third kappa shape index (κ3) is 3.37. The van der Waals surface area contributed by atoms with Crippen LogP contribution >= 0.6 is 0 Å². The second kappa shape index (κ2) is 5.08. The topological polar surface area (TPSA) is 29.1 Å². The largest absolute Gasteiger partial charge is 0.388 e. The highest BCUT2D eigenvalue weighted by atomic mass is 19.1. The lowest BCUT2D eigenvalue weighted by molar-refractivity contribution is -0.114. The molecule has 0 aliphatic heterocycles. The van der Waals surface area contributed by atoms with E-state index in [-0.39, 0.29) is 5.78 Å². The number of rotatable bonds is 4.